The van der Waals surface area contributed by atoms with Gasteiger partial charge in [0.2, 0.25) is 0 Å². The highest BCUT2D eigenvalue weighted by Crippen LogP contribution is 2.21. The van der Waals surface area contributed by atoms with E-state index in [9.17, 15) is 13.2 Å². The number of nitrogens with two attached hydrogens (primary N) is 1. The molecule has 0 heterocycles. The van der Waals surface area contributed by atoms with Gasteiger partial charge in [0.1, 0.15) is 0 Å². The van der Waals surface area contributed by atoms with Crippen LogP contribution in [0.4, 0.5) is 5.69 Å². The minimum Gasteiger partial charge on any atom is -0.398 e. The van der Waals surface area contributed by atoms with Crippen molar-refractivity contribution in [2.45, 2.75) is 18.7 Å². The summed E-state index contributed by atoms with van der Waals surface area (Å²) in [4.78, 5) is 11.6. The molecular formula is C11H16N2O3S. The van der Waals surface area contributed by atoms with E-state index in [4.69, 9.17) is 5.73 Å². The zero-order chi connectivity index (χ0) is 13.1. The molecule has 0 saturated heterocycles. The van der Waals surface area contributed by atoms with E-state index in [1.54, 1.807) is 6.92 Å². The van der Waals surface area contributed by atoms with Gasteiger partial charge in [-0.2, -0.15) is 0 Å². The monoisotopic (exact) mass is 256 g/mol. The van der Waals surface area contributed by atoms with Crippen molar-refractivity contribution >= 4 is 21.4 Å². The molecule has 0 saturated carbocycles. The summed E-state index contributed by atoms with van der Waals surface area (Å²) in [5.41, 5.74) is 6.08. The van der Waals surface area contributed by atoms with Crippen LogP contribution in [0.2, 0.25) is 0 Å². The lowest BCUT2D eigenvalue weighted by Gasteiger charge is -2.08. The van der Waals surface area contributed by atoms with Crippen LogP contribution in [0.5, 0.6) is 0 Å². The molecule has 0 aliphatic rings. The van der Waals surface area contributed by atoms with Crippen LogP contribution in [0.3, 0.4) is 0 Å². The number of benzene rings is 1. The van der Waals surface area contributed by atoms with Crippen molar-refractivity contribution in [3.8, 4) is 0 Å². The Morgan fingerprint density at radius 1 is 1.35 bits per heavy atom. The van der Waals surface area contributed by atoms with Gasteiger partial charge in [0.15, 0.2) is 9.84 Å². The van der Waals surface area contributed by atoms with Crippen LogP contribution in [-0.4, -0.2) is 26.6 Å². The van der Waals surface area contributed by atoms with E-state index in [1.165, 1.54) is 25.1 Å². The van der Waals surface area contributed by atoms with E-state index in [0.717, 1.165) is 0 Å². The fraction of sp³-hybridized carbons (Fsp3) is 0.364. The number of rotatable bonds is 4. The fourth-order valence-corrected chi connectivity index (χ4v) is 2.41. The largest absolute Gasteiger partial charge is 0.398 e. The Morgan fingerprint density at radius 3 is 2.53 bits per heavy atom. The molecule has 0 bridgehead atoms. The van der Waals surface area contributed by atoms with Crippen LogP contribution in [0.15, 0.2) is 23.1 Å². The second kappa shape index (κ2) is 5.18. The Balaban J connectivity index is 3.25. The SMILES string of the molecule is CCNC(=O)c1ccc(N)c(S(=O)(=O)CC)c1. The van der Waals surface area contributed by atoms with E-state index < -0.39 is 9.84 Å². The number of carbonyl (C=O) groups is 1. The summed E-state index contributed by atoms with van der Waals surface area (Å²) in [6.45, 7) is 3.81. The van der Waals surface area contributed by atoms with E-state index >= 15 is 0 Å². The number of sulfone groups is 1. The Kier molecular flexibility index (Phi) is 4.11. The maximum Gasteiger partial charge on any atom is 0.251 e. The predicted molar refractivity (Wildman–Crippen MR) is 66.6 cm³/mol. The molecule has 1 amide bonds. The standard InChI is InChI=1S/C11H16N2O3S/c1-3-13-11(14)8-5-6-9(12)10(7-8)17(15,16)4-2/h5-7H,3-4,12H2,1-2H3,(H,13,14). The molecule has 1 aromatic carbocycles. The summed E-state index contributed by atoms with van der Waals surface area (Å²) in [6, 6.07) is 4.27. The van der Waals surface area contributed by atoms with Crippen LogP contribution in [0, 0.1) is 0 Å². The van der Waals surface area contributed by atoms with Gasteiger partial charge in [-0.15, -0.1) is 0 Å². The third-order valence-electron chi connectivity index (χ3n) is 2.33. The average molecular weight is 256 g/mol. The van der Waals surface area contributed by atoms with Gasteiger partial charge in [-0.1, -0.05) is 6.92 Å². The van der Waals surface area contributed by atoms with Crippen molar-refractivity contribution in [2.75, 3.05) is 18.0 Å². The van der Waals surface area contributed by atoms with Crippen molar-refractivity contribution in [3.05, 3.63) is 23.8 Å². The number of nitrogen functional groups attached to an aromatic ring is 1. The van der Waals surface area contributed by atoms with Crippen LogP contribution >= 0.6 is 0 Å². The van der Waals surface area contributed by atoms with Crippen molar-refractivity contribution in [2.24, 2.45) is 0 Å². The number of carbonyl (C=O) groups excluding carboxylic acids is 1. The van der Waals surface area contributed by atoms with Crippen LogP contribution < -0.4 is 11.1 Å². The zero-order valence-electron chi connectivity index (χ0n) is 9.86. The molecule has 0 spiro atoms. The van der Waals surface area contributed by atoms with Gasteiger partial charge < -0.3 is 11.1 Å². The molecular weight excluding hydrogens is 240 g/mol. The summed E-state index contributed by atoms with van der Waals surface area (Å²) in [5.74, 6) is -0.351. The summed E-state index contributed by atoms with van der Waals surface area (Å²) in [5, 5.41) is 2.60. The summed E-state index contributed by atoms with van der Waals surface area (Å²) < 4.78 is 23.5. The quantitative estimate of drug-likeness (QED) is 0.780. The lowest BCUT2D eigenvalue weighted by molar-refractivity contribution is 0.0955. The van der Waals surface area contributed by atoms with E-state index in [0.29, 0.717) is 12.1 Å². The van der Waals surface area contributed by atoms with Gasteiger partial charge >= 0.3 is 0 Å². The topological polar surface area (TPSA) is 89.3 Å². The smallest absolute Gasteiger partial charge is 0.251 e. The lowest BCUT2D eigenvalue weighted by atomic mass is 10.2. The highest BCUT2D eigenvalue weighted by atomic mass is 32.2. The highest BCUT2D eigenvalue weighted by Gasteiger charge is 2.17. The minimum atomic E-state index is -3.40. The van der Waals surface area contributed by atoms with Crippen molar-refractivity contribution in [1.29, 1.82) is 0 Å². The van der Waals surface area contributed by atoms with Gasteiger partial charge in [0, 0.05) is 12.1 Å². The van der Waals surface area contributed by atoms with Crippen molar-refractivity contribution < 1.29 is 13.2 Å². The summed E-state index contributed by atoms with van der Waals surface area (Å²) >= 11 is 0. The number of nitrogens with one attached hydrogen (secondary N) is 1. The normalized spacial score (nSPS) is 11.2. The van der Waals surface area contributed by atoms with Crippen molar-refractivity contribution in [1.82, 2.24) is 5.32 Å². The minimum absolute atomic E-state index is 0.0174. The van der Waals surface area contributed by atoms with Gasteiger partial charge in [-0.05, 0) is 25.1 Å². The molecule has 94 valence electrons. The maximum absolute atomic E-state index is 11.7. The molecule has 0 fully saturated rings. The molecule has 0 radical (unpaired) electrons. The third kappa shape index (κ3) is 2.97. The molecule has 0 aliphatic heterocycles. The molecule has 0 unspecified atom stereocenters. The van der Waals surface area contributed by atoms with Crippen LogP contribution in [0.25, 0.3) is 0 Å². The first kappa shape index (κ1) is 13.5. The second-order valence-corrected chi connectivity index (χ2v) is 5.76. The second-order valence-electron chi connectivity index (χ2n) is 3.52. The Bertz CT molecular complexity index is 524. The first-order chi connectivity index (χ1) is 7.92. The molecule has 6 heteroatoms. The van der Waals surface area contributed by atoms with Gasteiger partial charge in [-0.3, -0.25) is 4.79 Å². The van der Waals surface area contributed by atoms with Crippen LogP contribution in [-0.2, 0) is 9.84 Å². The number of amides is 1. The van der Waals surface area contributed by atoms with Gasteiger partial charge in [-0.25, -0.2) is 8.42 Å². The van der Waals surface area contributed by atoms with E-state index in [2.05, 4.69) is 5.32 Å². The zero-order valence-corrected chi connectivity index (χ0v) is 10.7. The van der Waals surface area contributed by atoms with E-state index in [-0.39, 0.29) is 22.2 Å². The Hall–Kier alpha value is -1.56. The Morgan fingerprint density at radius 2 is 2.00 bits per heavy atom. The summed E-state index contributed by atoms with van der Waals surface area (Å²) in [6.07, 6.45) is 0. The molecule has 1 rings (SSSR count). The number of anilines is 1. The number of hydrogen-bond acceptors (Lipinski definition) is 4. The molecule has 17 heavy (non-hydrogen) atoms. The first-order valence-electron chi connectivity index (χ1n) is 5.32. The van der Waals surface area contributed by atoms with Crippen molar-refractivity contribution in [3.63, 3.8) is 0 Å². The lowest BCUT2D eigenvalue weighted by Crippen LogP contribution is -2.23. The van der Waals surface area contributed by atoms with Gasteiger partial charge in [0.05, 0.1) is 16.3 Å². The van der Waals surface area contributed by atoms with E-state index in [1.807, 2.05) is 0 Å². The molecule has 0 aliphatic carbocycles. The molecule has 0 atom stereocenters. The predicted octanol–water partition coefficient (Wildman–Crippen LogP) is 0.812. The first-order valence-corrected chi connectivity index (χ1v) is 6.98. The maximum atomic E-state index is 11.7. The summed E-state index contributed by atoms with van der Waals surface area (Å²) in [7, 11) is -3.40. The van der Waals surface area contributed by atoms with Crippen LogP contribution in [0.1, 0.15) is 24.2 Å². The Labute approximate surface area is 101 Å². The highest BCUT2D eigenvalue weighted by molar-refractivity contribution is 7.91. The fourth-order valence-electron chi connectivity index (χ4n) is 1.36. The molecule has 0 aromatic heterocycles. The molecule has 3 N–H and O–H groups in total. The molecule has 5 nitrogen and oxygen atoms in total. The third-order valence-corrected chi connectivity index (χ3v) is 4.11. The number of hydrogen-bond donors (Lipinski definition) is 2. The molecule has 1 aromatic rings. The average Bonchev–Trinajstić information content (AvgIpc) is 2.29. The van der Waals surface area contributed by atoms with Gasteiger partial charge in [0.25, 0.3) is 5.91 Å².